The molecule has 0 N–H and O–H groups in total. The zero-order chi connectivity index (χ0) is 27.7. The van der Waals surface area contributed by atoms with E-state index in [1.165, 1.54) is 18.1 Å². The fourth-order valence-electron chi connectivity index (χ4n) is 4.96. The number of amides is 1. The molecule has 1 unspecified atom stereocenters. The first-order valence-electron chi connectivity index (χ1n) is 12.6. The van der Waals surface area contributed by atoms with Gasteiger partial charge in [0.2, 0.25) is 0 Å². The molecule has 10 heteroatoms. The molecule has 2 aliphatic rings. The molecule has 2 aromatic rings. The zero-order valence-electron chi connectivity index (χ0n) is 21.7. The van der Waals surface area contributed by atoms with E-state index < -0.39 is 28.9 Å². The Bertz CT molecular complexity index is 1240. The van der Waals surface area contributed by atoms with E-state index in [1.807, 2.05) is 12.1 Å². The maximum Gasteiger partial charge on any atom is 0.407 e. The van der Waals surface area contributed by atoms with Crippen LogP contribution in [-0.4, -0.2) is 52.6 Å². The Kier molecular flexibility index (Phi) is 8.00. The molecule has 0 bridgehead atoms. The molecule has 2 saturated heterocycles. The van der Waals surface area contributed by atoms with Gasteiger partial charge in [-0.15, -0.1) is 0 Å². The van der Waals surface area contributed by atoms with Crippen molar-refractivity contribution in [1.29, 1.82) is 0 Å². The predicted molar refractivity (Wildman–Crippen MR) is 144 cm³/mol. The van der Waals surface area contributed by atoms with Crippen LogP contribution in [0.3, 0.4) is 0 Å². The smallest absolute Gasteiger partial charge is 0.407 e. The first kappa shape index (κ1) is 27.9. The van der Waals surface area contributed by atoms with E-state index in [1.54, 1.807) is 18.7 Å². The Morgan fingerprint density at radius 2 is 1.89 bits per heavy atom. The highest BCUT2D eigenvalue weighted by molar-refractivity contribution is 7.80. The standard InChI is InChI=1S/C28H31F3N4O2S/c1-19-12-14-33(17-19)18-20-6-9-22(10-7-20)37-15-5-13-34-26(38)35(25(36)27(34,2)3)21-8-11-24(32-4)23(16-21)28(29,30)31/h6-11,16,19H,5,12-15,17-18H2,1-3H3. The molecule has 202 valence electrons. The Morgan fingerprint density at radius 3 is 2.50 bits per heavy atom. The van der Waals surface area contributed by atoms with Gasteiger partial charge in [0.1, 0.15) is 11.3 Å². The van der Waals surface area contributed by atoms with Crippen LogP contribution in [0.25, 0.3) is 4.85 Å². The third kappa shape index (κ3) is 5.79. The summed E-state index contributed by atoms with van der Waals surface area (Å²) in [5, 5.41) is 0.129. The van der Waals surface area contributed by atoms with E-state index in [0.29, 0.717) is 19.6 Å². The van der Waals surface area contributed by atoms with Crippen molar-refractivity contribution in [2.24, 2.45) is 5.92 Å². The first-order chi connectivity index (χ1) is 17.9. The maximum atomic E-state index is 13.5. The summed E-state index contributed by atoms with van der Waals surface area (Å²) in [6, 6.07) is 11.3. The second-order valence-electron chi connectivity index (χ2n) is 10.4. The quantitative estimate of drug-likeness (QED) is 0.222. The van der Waals surface area contributed by atoms with Crippen molar-refractivity contribution in [1.82, 2.24) is 9.80 Å². The highest BCUT2D eigenvalue weighted by Crippen LogP contribution is 2.41. The number of rotatable bonds is 8. The average Bonchev–Trinajstić information content (AvgIpc) is 3.34. The van der Waals surface area contributed by atoms with Crippen LogP contribution in [0.4, 0.5) is 24.5 Å². The number of anilines is 1. The monoisotopic (exact) mass is 544 g/mol. The summed E-state index contributed by atoms with van der Waals surface area (Å²) in [5.41, 5.74) is -1.41. The number of hydrogen-bond acceptors (Lipinski definition) is 4. The Labute approximate surface area is 226 Å². The van der Waals surface area contributed by atoms with E-state index in [9.17, 15) is 18.0 Å². The number of alkyl halides is 3. The number of likely N-dealkylation sites (tertiary alicyclic amines) is 1. The molecule has 2 heterocycles. The van der Waals surface area contributed by atoms with Crippen molar-refractivity contribution in [2.75, 3.05) is 31.1 Å². The van der Waals surface area contributed by atoms with Gasteiger partial charge in [0.15, 0.2) is 10.8 Å². The summed E-state index contributed by atoms with van der Waals surface area (Å²) in [6.07, 6.45) is -2.93. The van der Waals surface area contributed by atoms with Crippen molar-refractivity contribution in [3.05, 3.63) is 65.0 Å². The summed E-state index contributed by atoms with van der Waals surface area (Å²) in [7, 11) is 0. The number of thiocarbonyl (C=S) groups is 1. The van der Waals surface area contributed by atoms with Gasteiger partial charge in [-0.05, 0) is 81.2 Å². The van der Waals surface area contributed by atoms with Crippen molar-refractivity contribution >= 4 is 34.6 Å². The molecule has 0 aromatic heterocycles. The van der Waals surface area contributed by atoms with Crippen LogP contribution in [0.1, 0.15) is 44.7 Å². The normalized spacial score (nSPS) is 19.8. The van der Waals surface area contributed by atoms with Crippen molar-refractivity contribution in [3.63, 3.8) is 0 Å². The van der Waals surface area contributed by atoms with Gasteiger partial charge >= 0.3 is 6.18 Å². The fourth-order valence-corrected chi connectivity index (χ4v) is 5.47. The Hall–Kier alpha value is -3.16. The van der Waals surface area contributed by atoms with Crippen molar-refractivity contribution in [2.45, 2.75) is 51.9 Å². The minimum absolute atomic E-state index is 0.00460. The van der Waals surface area contributed by atoms with Crippen LogP contribution < -0.4 is 9.64 Å². The van der Waals surface area contributed by atoms with E-state index in [4.69, 9.17) is 23.5 Å². The van der Waals surface area contributed by atoms with Crippen LogP contribution >= 0.6 is 12.2 Å². The van der Waals surface area contributed by atoms with Crippen molar-refractivity contribution in [3.8, 4) is 5.75 Å². The molecule has 6 nitrogen and oxygen atoms in total. The van der Waals surface area contributed by atoms with E-state index in [2.05, 4.69) is 28.8 Å². The number of nitrogens with zero attached hydrogens (tertiary/aromatic N) is 4. The number of halogens is 3. The van der Waals surface area contributed by atoms with Gasteiger partial charge in [-0.25, -0.2) is 4.85 Å². The van der Waals surface area contributed by atoms with Crippen LogP contribution in [0.15, 0.2) is 42.5 Å². The minimum atomic E-state index is -4.72. The lowest BCUT2D eigenvalue weighted by atomic mass is 10.0. The van der Waals surface area contributed by atoms with Gasteiger partial charge in [0.25, 0.3) is 5.91 Å². The molecule has 1 amide bonds. The molecule has 4 rings (SSSR count). The number of hydrogen-bond donors (Lipinski definition) is 0. The summed E-state index contributed by atoms with van der Waals surface area (Å²) >= 11 is 5.54. The number of benzene rings is 2. The van der Waals surface area contributed by atoms with Gasteiger partial charge < -0.3 is 9.64 Å². The number of carbonyl (C=O) groups excluding carboxylic acids is 1. The molecular formula is C28H31F3N4O2S. The molecular weight excluding hydrogens is 513 g/mol. The lowest BCUT2D eigenvalue weighted by molar-refractivity contribution is -0.136. The average molecular weight is 545 g/mol. The number of carbonyl (C=O) groups is 1. The van der Waals surface area contributed by atoms with Crippen molar-refractivity contribution < 1.29 is 22.7 Å². The Balaban J connectivity index is 1.36. The second kappa shape index (κ2) is 10.9. The second-order valence-corrected chi connectivity index (χ2v) is 10.8. The largest absolute Gasteiger partial charge is 0.494 e. The zero-order valence-corrected chi connectivity index (χ0v) is 22.5. The van der Waals surface area contributed by atoms with E-state index in [-0.39, 0.29) is 10.8 Å². The van der Waals surface area contributed by atoms with Crippen LogP contribution in [-0.2, 0) is 17.5 Å². The third-order valence-corrected chi connectivity index (χ3v) is 7.52. The third-order valence-electron chi connectivity index (χ3n) is 7.12. The molecule has 2 aromatic carbocycles. The maximum absolute atomic E-state index is 13.5. The lowest BCUT2D eigenvalue weighted by Crippen LogP contribution is -2.44. The molecule has 0 saturated carbocycles. The molecule has 0 radical (unpaired) electrons. The van der Waals surface area contributed by atoms with Gasteiger partial charge in [-0.3, -0.25) is 14.6 Å². The summed E-state index contributed by atoms with van der Waals surface area (Å²) in [6.45, 7) is 16.7. The van der Waals surface area contributed by atoms with E-state index in [0.717, 1.165) is 48.3 Å². The molecule has 38 heavy (non-hydrogen) atoms. The Morgan fingerprint density at radius 1 is 1.18 bits per heavy atom. The SMILES string of the molecule is [C-]#[N+]c1ccc(N2C(=O)C(C)(C)N(CCCOc3ccc(CN4CCC(C)C4)cc3)C2=S)cc1C(F)(F)F. The predicted octanol–water partition coefficient (Wildman–Crippen LogP) is 6.28. The van der Waals surface area contributed by atoms with Gasteiger partial charge in [-0.2, -0.15) is 13.2 Å². The van der Waals surface area contributed by atoms with Gasteiger partial charge in [0.05, 0.1) is 18.7 Å². The summed E-state index contributed by atoms with van der Waals surface area (Å²) in [4.78, 5) is 21.5. The van der Waals surface area contributed by atoms with Crippen LogP contribution in [0.5, 0.6) is 5.75 Å². The molecule has 1 atom stereocenters. The topological polar surface area (TPSA) is 40.4 Å². The van der Waals surface area contributed by atoms with Crippen LogP contribution in [0, 0.1) is 12.5 Å². The fraction of sp³-hybridized carbons (Fsp3) is 0.464. The van der Waals surface area contributed by atoms with Crippen LogP contribution in [0.2, 0.25) is 0 Å². The summed E-state index contributed by atoms with van der Waals surface area (Å²) < 4.78 is 46.4. The summed E-state index contributed by atoms with van der Waals surface area (Å²) in [5.74, 6) is 1.08. The molecule has 0 spiro atoms. The molecule has 2 fully saturated rings. The molecule has 2 aliphatic heterocycles. The van der Waals surface area contributed by atoms with E-state index >= 15 is 0 Å². The highest BCUT2D eigenvalue weighted by Gasteiger charge is 2.49. The molecule has 0 aliphatic carbocycles. The highest BCUT2D eigenvalue weighted by atomic mass is 32.1. The lowest BCUT2D eigenvalue weighted by Gasteiger charge is -2.29. The number of ether oxygens (including phenoxy) is 1. The minimum Gasteiger partial charge on any atom is -0.494 e. The van der Waals surface area contributed by atoms with Gasteiger partial charge in [-0.1, -0.05) is 25.1 Å². The first-order valence-corrected chi connectivity index (χ1v) is 13.0. The van der Waals surface area contributed by atoms with Gasteiger partial charge in [0, 0.05) is 25.3 Å².